The van der Waals surface area contributed by atoms with E-state index in [0.717, 1.165) is 22.9 Å². The largest absolute Gasteiger partial charge is 0.340 e. The Hall–Kier alpha value is -2.75. The van der Waals surface area contributed by atoms with E-state index in [9.17, 15) is 0 Å². The van der Waals surface area contributed by atoms with Crippen molar-refractivity contribution in [1.82, 2.24) is 15.0 Å². The zero-order valence-electron chi connectivity index (χ0n) is 11.1. The molecule has 0 aliphatic carbocycles. The number of rotatable bonds is 3. The van der Waals surface area contributed by atoms with Crippen molar-refractivity contribution < 1.29 is 0 Å². The van der Waals surface area contributed by atoms with Gasteiger partial charge < -0.3 is 5.32 Å². The van der Waals surface area contributed by atoms with Gasteiger partial charge in [0.05, 0.1) is 0 Å². The van der Waals surface area contributed by atoms with Crippen LogP contribution in [0.3, 0.4) is 0 Å². The lowest BCUT2D eigenvalue weighted by Gasteiger charge is -2.08. The van der Waals surface area contributed by atoms with Crippen molar-refractivity contribution in [2.75, 3.05) is 5.32 Å². The summed E-state index contributed by atoms with van der Waals surface area (Å²) in [6.07, 6.45) is 1.74. The summed E-state index contributed by atoms with van der Waals surface area (Å²) in [5.74, 6) is 1.40. The molecular weight excluding hydrogens is 248 g/mol. The maximum atomic E-state index is 4.51. The van der Waals surface area contributed by atoms with E-state index < -0.39 is 0 Å². The molecule has 0 aliphatic rings. The van der Waals surface area contributed by atoms with Crippen LogP contribution in [-0.2, 0) is 0 Å². The number of nitrogens with one attached hydrogen (secondary N) is 1. The van der Waals surface area contributed by atoms with Crippen LogP contribution in [-0.4, -0.2) is 15.0 Å². The topological polar surface area (TPSA) is 50.7 Å². The quantitative estimate of drug-likeness (QED) is 0.783. The fourth-order valence-corrected chi connectivity index (χ4v) is 1.91. The normalized spacial score (nSPS) is 10.2. The van der Waals surface area contributed by atoms with Crippen LogP contribution in [0.25, 0.3) is 11.5 Å². The van der Waals surface area contributed by atoms with Crippen LogP contribution in [0.15, 0.2) is 60.8 Å². The molecule has 0 spiro atoms. The molecule has 1 N–H and O–H groups in total. The Morgan fingerprint density at radius 1 is 0.900 bits per heavy atom. The van der Waals surface area contributed by atoms with Crippen molar-refractivity contribution >= 4 is 11.5 Å². The molecule has 3 aromatic rings. The first-order valence-corrected chi connectivity index (χ1v) is 6.40. The first-order valence-electron chi connectivity index (χ1n) is 6.40. The molecule has 0 amide bonds. The highest BCUT2D eigenvalue weighted by molar-refractivity contribution is 5.59. The van der Waals surface area contributed by atoms with Gasteiger partial charge in [-0.15, -0.1) is 0 Å². The second-order valence-electron chi connectivity index (χ2n) is 4.42. The van der Waals surface area contributed by atoms with Crippen LogP contribution in [0.1, 0.15) is 5.69 Å². The van der Waals surface area contributed by atoms with Gasteiger partial charge in [0.15, 0.2) is 5.82 Å². The smallest absolute Gasteiger partial charge is 0.180 e. The number of benzene rings is 1. The Kier molecular flexibility index (Phi) is 3.37. The van der Waals surface area contributed by atoms with Gasteiger partial charge in [0.2, 0.25) is 0 Å². The average molecular weight is 262 g/mol. The Labute approximate surface area is 117 Å². The summed E-state index contributed by atoms with van der Waals surface area (Å²) in [7, 11) is 0. The van der Waals surface area contributed by atoms with Crippen LogP contribution >= 0.6 is 0 Å². The van der Waals surface area contributed by atoms with Gasteiger partial charge >= 0.3 is 0 Å². The third kappa shape index (κ3) is 2.80. The van der Waals surface area contributed by atoms with E-state index in [1.54, 1.807) is 6.20 Å². The monoisotopic (exact) mass is 262 g/mol. The van der Waals surface area contributed by atoms with Crippen molar-refractivity contribution in [1.29, 1.82) is 0 Å². The van der Waals surface area contributed by atoms with Gasteiger partial charge in [-0.3, -0.25) is 4.98 Å². The maximum Gasteiger partial charge on any atom is 0.180 e. The number of para-hydroxylation sites is 1. The van der Waals surface area contributed by atoms with Crippen molar-refractivity contribution in [3.8, 4) is 11.5 Å². The molecule has 2 aromatic heterocycles. The van der Waals surface area contributed by atoms with E-state index in [4.69, 9.17) is 0 Å². The summed E-state index contributed by atoms with van der Waals surface area (Å²) in [6, 6.07) is 17.6. The molecule has 0 fully saturated rings. The number of anilines is 2. The third-order valence-corrected chi connectivity index (χ3v) is 2.79. The van der Waals surface area contributed by atoms with Crippen molar-refractivity contribution in [2.24, 2.45) is 0 Å². The molecule has 98 valence electrons. The molecular formula is C16H14N4. The highest BCUT2D eigenvalue weighted by Crippen LogP contribution is 2.18. The lowest BCUT2D eigenvalue weighted by atomic mass is 10.3. The summed E-state index contributed by atoms with van der Waals surface area (Å²) >= 11 is 0. The van der Waals surface area contributed by atoms with E-state index in [-0.39, 0.29) is 0 Å². The fraction of sp³-hybridized carbons (Fsp3) is 0.0625. The highest BCUT2D eigenvalue weighted by Gasteiger charge is 2.05. The minimum atomic E-state index is 0.629. The Morgan fingerprint density at radius 3 is 2.45 bits per heavy atom. The predicted octanol–water partition coefficient (Wildman–Crippen LogP) is 3.59. The van der Waals surface area contributed by atoms with Gasteiger partial charge in [-0.2, -0.15) is 0 Å². The van der Waals surface area contributed by atoms with Crippen LogP contribution < -0.4 is 5.32 Å². The number of nitrogens with zero attached hydrogens (tertiary/aromatic N) is 3. The molecule has 3 rings (SSSR count). The van der Waals surface area contributed by atoms with Gasteiger partial charge in [0, 0.05) is 23.6 Å². The SMILES string of the molecule is Cc1cc(Nc2ccccc2)nc(-c2ccccn2)n1. The molecule has 4 heteroatoms. The highest BCUT2D eigenvalue weighted by atomic mass is 15.0. The number of pyridine rings is 1. The van der Waals surface area contributed by atoms with Gasteiger partial charge in [0.25, 0.3) is 0 Å². The lowest BCUT2D eigenvalue weighted by Crippen LogP contribution is -1.99. The van der Waals surface area contributed by atoms with Crippen molar-refractivity contribution in [3.63, 3.8) is 0 Å². The molecule has 4 nitrogen and oxygen atoms in total. The van der Waals surface area contributed by atoms with Gasteiger partial charge in [0.1, 0.15) is 11.5 Å². The average Bonchev–Trinajstić information content (AvgIpc) is 2.49. The predicted molar refractivity (Wildman–Crippen MR) is 79.7 cm³/mol. The standard InChI is InChI=1S/C16H14N4/c1-12-11-15(19-13-7-3-2-4-8-13)20-16(18-12)14-9-5-6-10-17-14/h2-11H,1H3,(H,18,19,20). The molecule has 2 heterocycles. The molecule has 20 heavy (non-hydrogen) atoms. The zero-order valence-corrected chi connectivity index (χ0v) is 11.1. The summed E-state index contributed by atoms with van der Waals surface area (Å²) in [5.41, 5.74) is 2.67. The zero-order chi connectivity index (χ0) is 13.8. The van der Waals surface area contributed by atoms with Crippen LogP contribution in [0.5, 0.6) is 0 Å². The van der Waals surface area contributed by atoms with Crippen molar-refractivity contribution in [2.45, 2.75) is 6.92 Å². The Balaban J connectivity index is 1.95. The fourth-order valence-electron chi connectivity index (χ4n) is 1.91. The number of hydrogen-bond acceptors (Lipinski definition) is 4. The van der Waals surface area contributed by atoms with Gasteiger partial charge in [-0.25, -0.2) is 9.97 Å². The minimum Gasteiger partial charge on any atom is -0.340 e. The Bertz CT molecular complexity index is 696. The molecule has 1 aromatic carbocycles. The molecule has 0 radical (unpaired) electrons. The second kappa shape index (κ2) is 5.48. The van der Waals surface area contributed by atoms with Crippen LogP contribution in [0.2, 0.25) is 0 Å². The summed E-state index contributed by atoms with van der Waals surface area (Å²) < 4.78 is 0. The van der Waals surface area contributed by atoms with Gasteiger partial charge in [-0.1, -0.05) is 24.3 Å². The third-order valence-electron chi connectivity index (χ3n) is 2.79. The molecule has 0 bridgehead atoms. The minimum absolute atomic E-state index is 0.629. The summed E-state index contributed by atoms with van der Waals surface area (Å²) in [4.78, 5) is 13.2. The second-order valence-corrected chi connectivity index (χ2v) is 4.42. The van der Waals surface area contributed by atoms with Gasteiger partial charge in [-0.05, 0) is 31.2 Å². The van der Waals surface area contributed by atoms with E-state index in [1.807, 2.05) is 61.5 Å². The van der Waals surface area contributed by atoms with E-state index in [2.05, 4.69) is 20.3 Å². The van der Waals surface area contributed by atoms with E-state index >= 15 is 0 Å². The molecule has 0 saturated carbocycles. The Morgan fingerprint density at radius 2 is 1.70 bits per heavy atom. The summed E-state index contributed by atoms with van der Waals surface area (Å²) in [5, 5.41) is 3.28. The van der Waals surface area contributed by atoms with E-state index in [1.165, 1.54) is 0 Å². The first-order chi connectivity index (χ1) is 9.81. The van der Waals surface area contributed by atoms with E-state index in [0.29, 0.717) is 5.82 Å². The number of aryl methyl sites for hydroxylation is 1. The van der Waals surface area contributed by atoms with Crippen molar-refractivity contribution in [3.05, 3.63) is 66.5 Å². The number of hydrogen-bond donors (Lipinski definition) is 1. The lowest BCUT2D eigenvalue weighted by molar-refractivity contribution is 1.09. The molecule has 0 saturated heterocycles. The maximum absolute atomic E-state index is 4.51. The number of aromatic nitrogens is 3. The molecule has 0 aliphatic heterocycles. The van der Waals surface area contributed by atoms with Crippen LogP contribution in [0.4, 0.5) is 11.5 Å². The summed E-state index contributed by atoms with van der Waals surface area (Å²) in [6.45, 7) is 1.95. The first kappa shape index (κ1) is 12.3. The molecule has 0 unspecified atom stereocenters. The molecule has 0 atom stereocenters. The van der Waals surface area contributed by atoms with Crippen LogP contribution in [0, 0.1) is 6.92 Å².